The first kappa shape index (κ1) is 15.0. The van der Waals surface area contributed by atoms with Gasteiger partial charge in [-0.2, -0.15) is 4.98 Å². The Bertz CT molecular complexity index is 424. The lowest BCUT2D eigenvalue weighted by Gasteiger charge is -2.29. The minimum atomic E-state index is 0.346. The van der Waals surface area contributed by atoms with Gasteiger partial charge in [0, 0.05) is 30.9 Å². The molecule has 0 bridgehead atoms. The maximum Gasteiger partial charge on any atom is 0.229 e. The number of aryl methyl sites for hydroxylation is 1. The molecular formula is C15H26N4O. The third-order valence-electron chi connectivity index (χ3n) is 3.68. The average molecular weight is 278 g/mol. The molecule has 1 fully saturated rings. The van der Waals surface area contributed by atoms with Gasteiger partial charge in [-0.25, -0.2) is 4.98 Å². The summed E-state index contributed by atoms with van der Waals surface area (Å²) >= 11 is 0. The van der Waals surface area contributed by atoms with Gasteiger partial charge in [-0.05, 0) is 26.2 Å². The van der Waals surface area contributed by atoms with Crippen molar-refractivity contribution < 1.29 is 4.74 Å². The van der Waals surface area contributed by atoms with E-state index >= 15 is 0 Å². The van der Waals surface area contributed by atoms with Crippen LogP contribution in [0, 0.1) is 6.92 Å². The van der Waals surface area contributed by atoms with Crippen LogP contribution in [0.15, 0.2) is 6.07 Å². The molecule has 1 saturated heterocycles. The molecule has 0 amide bonds. The molecule has 2 rings (SSSR count). The summed E-state index contributed by atoms with van der Waals surface area (Å²) in [6.45, 7) is 6.41. The summed E-state index contributed by atoms with van der Waals surface area (Å²) < 4.78 is 5.66. The maximum absolute atomic E-state index is 5.93. The lowest BCUT2D eigenvalue weighted by molar-refractivity contribution is 0.304. The second-order valence-corrected chi connectivity index (χ2v) is 5.43. The van der Waals surface area contributed by atoms with E-state index in [1.807, 2.05) is 13.0 Å². The van der Waals surface area contributed by atoms with Crippen molar-refractivity contribution >= 4 is 5.95 Å². The molecular weight excluding hydrogens is 252 g/mol. The minimum absolute atomic E-state index is 0.346. The van der Waals surface area contributed by atoms with E-state index in [1.54, 1.807) is 0 Å². The molecule has 1 aliphatic rings. The van der Waals surface area contributed by atoms with Gasteiger partial charge in [-0.15, -0.1) is 0 Å². The van der Waals surface area contributed by atoms with Gasteiger partial charge >= 0.3 is 0 Å². The fraction of sp³-hybridized carbons (Fsp3) is 0.733. The molecule has 1 atom stereocenters. The summed E-state index contributed by atoms with van der Waals surface area (Å²) in [6.07, 6.45) is 5.78. The highest BCUT2D eigenvalue weighted by atomic mass is 16.5. The number of nitrogens with zero attached hydrogens (tertiary/aromatic N) is 3. The molecule has 2 N–H and O–H groups in total. The topological polar surface area (TPSA) is 64.3 Å². The van der Waals surface area contributed by atoms with Crippen molar-refractivity contribution in [2.75, 3.05) is 24.6 Å². The Balaban J connectivity index is 2.22. The first-order valence-electron chi connectivity index (χ1n) is 7.69. The summed E-state index contributed by atoms with van der Waals surface area (Å²) in [4.78, 5) is 11.4. The Labute approximate surface area is 121 Å². The van der Waals surface area contributed by atoms with Gasteiger partial charge < -0.3 is 15.4 Å². The zero-order chi connectivity index (χ0) is 14.4. The monoisotopic (exact) mass is 278 g/mol. The normalized spacial score (nSPS) is 19.8. The Morgan fingerprint density at radius 2 is 2.20 bits per heavy atom. The average Bonchev–Trinajstić information content (AvgIpc) is 2.69. The van der Waals surface area contributed by atoms with E-state index in [9.17, 15) is 0 Å². The predicted molar refractivity (Wildman–Crippen MR) is 81.2 cm³/mol. The van der Waals surface area contributed by atoms with Crippen LogP contribution >= 0.6 is 0 Å². The van der Waals surface area contributed by atoms with Crippen LogP contribution in [-0.2, 0) is 0 Å². The van der Waals surface area contributed by atoms with Crippen molar-refractivity contribution in [1.82, 2.24) is 9.97 Å². The quantitative estimate of drug-likeness (QED) is 0.895. The van der Waals surface area contributed by atoms with E-state index in [1.165, 1.54) is 19.3 Å². The van der Waals surface area contributed by atoms with Crippen molar-refractivity contribution in [3.8, 4) is 5.88 Å². The lowest BCUT2D eigenvalue weighted by Crippen LogP contribution is -2.41. The molecule has 0 saturated carbocycles. The van der Waals surface area contributed by atoms with Crippen LogP contribution in [0.2, 0.25) is 0 Å². The van der Waals surface area contributed by atoms with Gasteiger partial charge in [0.1, 0.15) is 0 Å². The molecule has 1 aromatic heterocycles. The fourth-order valence-electron chi connectivity index (χ4n) is 2.62. The summed E-state index contributed by atoms with van der Waals surface area (Å²) in [6, 6.07) is 2.24. The second-order valence-electron chi connectivity index (χ2n) is 5.43. The zero-order valence-electron chi connectivity index (χ0n) is 12.6. The Morgan fingerprint density at radius 3 is 2.95 bits per heavy atom. The van der Waals surface area contributed by atoms with Crippen molar-refractivity contribution in [3.63, 3.8) is 0 Å². The highest BCUT2D eigenvalue weighted by Crippen LogP contribution is 2.23. The largest absolute Gasteiger partial charge is 0.478 e. The lowest BCUT2D eigenvalue weighted by atomic mass is 10.1. The number of aromatic nitrogens is 2. The van der Waals surface area contributed by atoms with Gasteiger partial charge in [0.15, 0.2) is 0 Å². The van der Waals surface area contributed by atoms with E-state index in [4.69, 9.17) is 10.5 Å². The SMILES string of the molecule is CCCOc1cc(C)nc(N2CCCCCC2CN)n1. The molecule has 5 nitrogen and oxygen atoms in total. The van der Waals surface area contributed by atoms with Crippen LogP contribution in [0.4, 0.5) is 5.95 Å². The molecule has 1 unspecified atom stereocenters. The fourth-order valence-corrected chi connectivity index (χ4v) is 2.62. The third-order valence-corrected chi connectivity index (χ3v) is 3.68. The second kappa shape index (κ2) is 7.43. The van der Waals surface area contributed by atoms with Gasteiger partial charge in [0.05, 0.1) is 6.61 Å². The zero-order valence-corrected chi connectivity index (χ0v) is 12.6. The number of ether oxygens (including phenoxy) is 1. The van der Waals surface area contributed by atoms with Crippen LogP contribution in [-0.4, -0.2) is 35.7 Å². The molecule has 1 aliphatic heterocycles. The first-order valence-corrected chi connectivity index (χ1v) is 7.69. The van der Waals surface area contributed by atoms with E-state index in [0.717, 1.165) is 31.0 Å². The van der Waals surface area contributed by atoms with Crippen molar-refractivity contribution in [1.29, 1.82) is 0 Å². The summed E-state index contributed by atoms with van der Waals surface area (Å²) in [5.41, 5.74) is 6.87. The maximum atomic E-state index is 5.93. The van der Waals surface area contributed by atoms with Crippen molar-refractivity contribution in [2.24, 2.45) is 5.73 Å². The smallest absolute Gasteiger partial charge is 0.229 e. The van der Waals surface area contributed by atoms with E-state index < -0.39 is 0 Å². The molecule has 0 aromatic carbocycles. The third kappa shape index (κ3) is 3.82. The molecule has 1 aromatic rings. The van der Waals surface area contributed by atoms with Crippen LogP contribution in [0.5, 0.6) is 5.88 Å². The van der Waals surface area contributed by atoms with Gasteiger partial charge in [0.2, 0.25) is 11.8 Å². The van der Waals surface area contributed by atoms with Gasteiger partial charge in [-0.3, -0.25) is 0 Å². The van der Waals surface area contributed by atoms with E-state index in [0.29, 0.717) is 25.1 Å². The van der Waals surface area contributed by atoms with Crippen LogP contribution in [0.3, 0.4) is 0 Å². The minimum Gasteiger partial charge on any atom is -0.478 e. The number of anilines is 1. The number of rotatable bonds is 5. The molecule has 0 radical (unpaired) electrons. The molecule has 2 heterocycles. The summed E-state index contributed by atoms with van der Waals surface area (Å²) in [5.74, 6) is 1.45. The highest BCUT2D eigenvalue weighted by Gasteiger charge is 2.22. The Kier molecular flexibility index (Phi) is 5.59. The van der Waals surface area contributed by atoms with Crippen LogP contribution < -0.4 is 15.4 Å². The number of hydrogen-bond donors (Lipinski definition) is 1. The van der Waals surface area contributed by atoms with Gasteiger partial charge in [0.25, 0.3) is 0 Å². The number of hydrogen-bond acceptors (Lipinski definition) is 5. The van der Waals surface area contributed by atoms with E-state index in [-0.39, 0.29) is 0 Å². The van der Waals surface area contributed by atoms with Crippen molar-refractivity contribution in [2.45, 2.75) is 52.0 Å². The van der Waals surface area contributed by atoms with E-state index in [2.05, 4.69) is 21.8 Å². The molecule has 0 aliphatic carbocycles. The standard InChI is InChI=1S/C15H26N4O/c1-3-9-20-14-10-12(2)17-15(18-14)19-8-6-4-5-7-13(19)11-16/h10,13H,3-9,11,16H2,1-2H3. The van der Waals surface area contributed by atoms with Crippen molar-refractivity contribution in [3.05, 3.63) is 11.8 Å². The predicted octanol–water partition coefficient (Wildman–Crippen LogP) is 2.28. The summed E-state index contributed by atoms with van der Waals surface area (Å²) in [5, 5.41) is 0. The molecule has 0 spiro atoms. The van der Waals surface area contributed by atoms with Crippen LogP contribution in [0.1, 0.15) is 44.7 Å². The highest BCUT2D eigenvalue weighted by molar-refractivity contribution is 5.36. The molecule has 112 valence electrons. The summed E-state index contributed by atoms with van der Waals surface area (Å²) in [7, 11) is 0. The van der Waals surface area contributed by atoms with Crippen LogP contribution in [0.25, 0.3) is 0 Å². The van der Waals surface area contributed by atoms with Gasteiger partial charge in [-0.1, -0.05) is 19.8 Å². The molecule has 20 heavy (non-hydrogen) atoms. The number of nitrogens with two attached hydrogens (primary N) is 1. The Morgan fingerprint density at radius 1 is 1.35 bits per heavy atom. The molecule has 5 heteroatoms. The first-order chi connectivity index (χ1) is 9.74. The Hall–Kier alpha value is -1.36.